The summed E-state index contributed by atoms with van der Waals surface area (Å²) in [5, 5.41) is 15.2. The highest BCUT2D eigenvalue weighted by molar-refractivity contribution is 6.38. The van der Waals surface area contributed by atoms with Crippen molar-refractivity contribution in [1.29, 1.82) is 0 Å². The van der Waals surface area contributed by atoms with E-state index in [1.807, 2.05) is 0 Å². The number of anilines is 1. The average Bonchev–Trinajstić information content (AvgIpc) is 3.16. The Morgan fingerprint density at radius 3 is 2.62 bits per heavy atom. The standard InChI is InChI=1S/C17H10ClN3O5/c18-12-7-2-1-6-11(12)14-13-15(26-19-14)17(23)20(16(13)22)9-4-3-5-10(8-9)21(24)25/h1-8,13,15H/t13-,15-/m1/s1. The summed E-state index contributed by atoms with van der Waals surface area (Å²) in [5.74, 6) is -2.12. The Kier molecular flexibility index (Phi) is 3.69. The number of oxime groups is 1. The number of nitro benzene ring substituents is 1. The van der Waals surface area contributed by atoms with Gasteiger partial charge in [0.15, 0.2) is 0 Å². The number of rotatable bonds is 3. The molecule has 0 spiro atoms. The van der Waals surface area contributed by atoms with E-state index in [0.717, 1.165) is 4.90 Å². The second-order valence-corrected chi connectivity index (χ2v) is 6.16. The van der Waals surface area contributed by atoms with Crippen molar-refractivity contribution in [1.82, 2.24) is 0 Å². The summed E-state index contributed by atoms with van der Waals surface area (Å²) in [6.45, 7) is 0. The molecule has 2 aliphatic heterocycles. The van der Waals surface area contributed by atoms with Gasteiger partial charge in [-0.05, 0) is 12.1 Å². The van der Waals surface area contributed by atoms with Crippen molar-refractivity contribution >= 4 is 40.5 Å². The minimum Gasteiger partial charge on any atom is -0.381 e. The summed E-state index contributed by atoms with van der Waals surface area (Å²) < 4.78 is 0. The van der Waals surface area contributed by atoms with Gasteiger partial charge in [0.1, 0.15) is 11.6 Å². The molecule has 130 valence electrons. The number of nitro groups is 1. The van der Waals surface area contributed by atoms with Crippen molar-refractivity contribution in [2.45, 2.75) is 6.10 Å². The fraction of sp³-hybridized carbons (Fsp3) is 0.118. The average molecular weight is 372 g/mol. The van der Waals surface area contributed by atoms with Gasteiger partial charge in [0.05, 0.1) is 10.6 Å². The topological polar surface area (TPSA) is 102 Å². The zero-order valence-electron chi connectivity index (χ0n) is 13.0. The Balaban J connectivity index is 1.73. The number of amides is 2. The van der Waals surface area contributed by atoms with Gasteiger partial charge < -0.3 is 4.84 Å². The fourth-order valence-electron chi connectivity index (χ4n) is 3.07. The van der Waals surface area contributed by atoms with Crippen LogP contribution in [0.2, 0.25) is 5.02 Å². The zero-order chi connectivity index (χ0) is 18.4. The van der Waals surface area contributed by atoms with E-state index in [1.165, 1.54) is 24.3 Å². The molecule has 1 fully saturated rings. The quantitative estimate of drug-likeness (QED) is 0.468. The van der Waals surface area contributed by atoms with Crippen molar-refractivity contribution < 1.29 is 19.3 Å². The zero-order valence-corrected chi connectivity index (χ0v) is 13.8. The molecule has 0 aliphatic carbocycles. The molecule has 2 atom stereocenters. The van der Waals surface area contributed by atoms with Crippen LogP contribution in [0.1, 0.15) is 5.56 Å². The van der Waals surface area contributed by atoms with Gasteiger partial charge in [0, 0.05) is 22.7 Å². The molecule has 2 aromatic carbocycles. The first-order chi connectivity index (χ1) is 12.5. The second-order valence-electron chi connectivity index (χ2n) is 5.75. The number of fused-ring (bicyclic) bond motifs is 1. The molecule has 8 nitrogen and oxygen atoms in total. The highest BCUT2D eigenvalue weighted by Gasteiger charge is 2.56. The van der Waals surface area contributed by atoms with Crippen LogP contribution in [0.5, 0.6) is 0 Å². The maximum absolute atomic E-state index is 12.9. The lowest BCUT2D eigenvalue weighted by atomic mass is 9.94. The fourth-order valence-corrected chi connectivity index (χ4v) is 3.30. The number of carbonyl (C=O) groups is 2. The third kappa shape index (κ3) is 2.34. The molecular weight excluding hydrogens is 362 g/mol. The van der Waals surface area contributed by atoms with E-state index in [9.17, 15) is 19.7 Å². The predicted molar refractivity (Wildman–Crippen MR) is 91.9 cm³/mol. The van der Waals surface area contributed by atoms with E-state index in [4.69, 9.17) is 16.4 Å². The van der Waals surface area contributed by atoms with Crippen LogP contribution in [-0.4, -0.2) is 28.6 Å². The Bertz CT molecular complexity index is 990. The largest absolute Gasteiger partial charge is 0.381 e. The van der Waals surface area contributed by atoms with Crippen molar-refractivity contribution in [3.8, 4) is 0 Å². The molecule has 0 bridgehead atoms. The van der Waals surface area contributed by atoms with Crippen molar-refractivity contribution in [3.05, 3.63) is 69.2 Å². The van der Waals surface area contributed by atoms with Gasteiger partial charge in [0.25, 0.3) is 11.6 Å². The molecule has 4 rings (SSSR count). The number of hydrogen-bond donors (Lipinski definition) is 0. The van der Waals surface area contributed by atoms with E-state index < -0.39 is 28.8 Å². The Morgan fingerprint density at radius 1 is 1.12 bits per heavy atom. The molecule has 0 unspecified atom stereocenters. The third-order valence-corrected chi connectivity index (χ3v) is 4.59. The molecule has 2 heterocycles. The van der Waals surface area contributed by atoms with E-state index >= 15 is 0 Å². The smallest absolute Gasteiger partial charge is 0.278 e. The van der Waals surface area contributed by atoms with Crippen LogP contribution in [-0.2, 0) is 14.4 Å². The Morgan fingerprint density at radius 2 is 1.88 bits per heavy atom. The molecule has 2 aliphatic rings. The maximum atomic E-state index is 12.9. The van der Waals surface area contributed by atoms with E-state index in [1.54, 1.807) is 24.3 Å². The number of imide groups is 1. The van der Waals surface area contributed by atoms with E-state index in [-0.39, 0.29) is 17.1 Å². The van der Waals surface area contributed by atoms with Gasteiger partial charge in [-0.1, -0.05) is 41.0 Å². The molecule has 0 aromatic heterocycles. The van der Waals surface area contributed by atoms with Crippen LogP contribution in [0, 0.1) is 16.0 Å². The van der Waals surface area contributed by atoms with Gasteiger partial charge in [-0.15, -0.1) is 0 Å². The molecule has 2 aromatic rings. The first-order valence-corrected chi connectivity index (χ1v) is 7.97. The Labute approximate surface area is 151 Å². The second kappa shape index (κ2) is 5.92. The molecule has 9 heteroatoms. The van der Waals surface area contributed by atoms with Crippen LogP contribution in [0.15, 0.2) is 53.7 Å². The first kappa shape index (κ1) is 16.2. The molecule has 1 saturated heterocycles. The van der Waals surface area contributed by atoms with Gasteiger partial charge >= 0.3 is 0 Å². The normalized spacial score (nSPS) is 21.4. The van der Waals surface area contributed by atoms with Gasteiger partial charge in [0.2, 0.25) is 12.0 Å². The minimum atomic E-state index is -1.10. The summed E-state index contributed by atoms with van der Waals surface area (Å²) in [6, 6.07) is 12.1. The summed E-state index contributed by atoms with van der Waals surface area (Å²) >= 11 is 6.17. The van der Waals surface area contributed by atoms with Crippen LogP contribution in [0.25, 0.3) is 0 Å². The van der Waals surface area contributed by atoms with Crippen LogP contribution in [0.4, 0.5) is 11.4 Å². The highest BCUT2D eigenvalue weighted by atomic mass is 35.5. The van der Waals surface area contributed by atoms with Crippen molar-refractivity contribution in [3.63, 3.8) is 0 Å². The summed E-state index contributed by atoms with van der Waals surface area (Å²) in [7, 11) is 0. The lowest BCUT2D eigenvalue weighted by Gasteiger charge is -2.15. The van der Waals surface area contributed by atoms with Gasteiger partial charge in [-0.3, -0.25) is 19.7 Å². The number of benzene rings is 2. The van der Waals surface area contributed by atoms with Gasteiger partial charge in [-0.25, -0.2) is 4.90 Å². The minimum absolute atomic E-state index is 0.116. The van der Waals surface area contributed by atoms with E-state index in [0.29, 0.717) is 10.6 Å². The van der Waals surface area contributed by atoms with Crippen LogP contribution in [0.3, 0.4) is 0 Å². The summed E-state index contributed by atoms with van der Waals surface area (Å²) in [5.41, 5.74) is 0.669. The summed E-state index contributed by atoms with van der Waals surface area (Å²) in [4.78, 5) is 42.0. The number of carbonyl (C=O) groups excluding carboxylic acids is 2. The number of halogens is 1. The lowest BCUT2D eigenvalue weighted by molar-refractivity contribution is -0.384. The highest BCUT2D eigenvalue weighted by Crippen LogP contribution is 2.37. The molecule has 0 radical (unpaired) electrons. The number of nitrogens with zero attached hydrogens (tertiary/aromatic N) is 3. The van der Waals surface area contributed by atoms with Gasteiger partial charge in [-0.2, -0.15) is 0 Å². The first-order valence-electron chi connectivity index (χ1n) is 7.60. The van der Waals surface area contributed by atoms with E-state index in [2.05, 4.69) is 5.16 Å². The van der Waals surface area contributed by atoms with Crippen molar-refractivity contribution in [2.24, 2.45) is 11.1 Å². The molecule has 0 saturated carbocycles. The maximum Gasteiger partial charge on any atom is 0.278 e. The SMILES string of the molecule is O=C1[C@@H]2C(c3ccccc3Cl)=NO[C@H]2C(=O)N1c1cccc([N+](=O)[O-])c1. The third-order valence-electron chi connectivity index (χ3n) is 4.26. The molecular formula is C17H10ClN3O5. The molecule has 26 heavy (non-hydrogen) atoms. The number of hydrogen-bond acceptors (Lipinski definition) is 6. The number of non-ortho nitro benzene ring substituents is 1. The lowest BCUT2D eigenvalue weighted by Crippen LogP contribution is -2.33. The monoisotopic (exact) mass is 371 g/mol. The molecule has 2 amide bonds. The molecule has 0 N–H and O–H groups in total. The summed E-state index contributed by atoms with van der Waals surface area (Å²) in [6.07, 6.45) is -1.10. The van der Waals surface area contributed by atoms with Crippen molar-refractivity contribution in [2.75, 3.05) is 4.90 Å². The van der Waals surface area contributed by atoms with Crippen LogP contribution >= 0.6 is 11.6 Å². The Hall–Kier alpha value is -3.26. The van der Waals surface area contributed by atoms with Crippen LogP contribution < -0.4 is 4.90 Å². The predicted octanol–water partition coefficient (Wildman–Crippen LogP) is 2.54.